The molecule has 6 nitrogen and oxygen atoms in total. The van der Waals surface area contributed by atoms with E-state index in [1.165, 1.54) is 4.68 Å². The van der Waals surface area contributed by atoms with Crippen LogP contribution < -0.4 is 11.1 Å². The number of anilines is 2. The Morgan fingerprint density at radius 3 is 2.80 bits per heavy atom. The number of carbonyl (C=O) groups is 1. The van der Waals surface area contributed by atoms with Crippen LogP contribution in [-0.4, -0.2) is 20.7 Å². The summed E-state index contributed by atoms with van der Waals surface area (Å²) in [5.74, 6) is -0.291. The minimum absolute atomic E-state index is 0.291. The van der Waals surface area contributed by atoms with Crippen LogP contribution in [0.3, 0.4) is 0 Å². The second kappa shape index (κ2) is 5.62. The monoisotopic (exact) mass is 337 g/mol. The van der Waals surface area contributed by atoms with E-state index >= 15 is 0 Å². The summed E-state index contributed by atoms with van der Waals surface area (Å²) in [6, 6.07) is 1.84. The fraction of sp³-hybridized carbons (Fsp3) is 0.308. The van der Waals surface area contributed by atoms with E-state index in [1.807, 2.05) is 19.9 Å². The van der Waals surface area contributed by atoms with Gasteiger partial charge in [0.05, 0.1) is 23.3 Å². The Bertz CT molecular complexity index is 665. The molecule has 0 unspecified atom stereocenters. The number of hydrogen-bond donors (Lipinski definition) is 2. The minimum atomic E-state index is -0.291. The smallest absolute Gasteiger partial charge is 0.276 e. The van der Waals surface area contributed by atoms with Crippen molar-refractivity contribution >= 4 is 33.2 Å². The van der Waals surface area contributed by atoms with Crippen molar-refractivity contribution in [2.24, 2.45) is 7.05 Å². The van der Waals surface area contributed by atoms with Crippen molar-refractivity contribution in [1.29, 1.82) is 0 Å². The van der Waals surface area contributed by atoms with Crippen molar-refractivity contribution in [3.05, 3.63) is 33.8 Å². The van der Waals surface area contributed by atoms with E-state index in [0.29, 0.717) is 23.5 Å². The molecule has 2 heterocycles. The number of nitrogens with one attached hydrogen (secondary N) is 1. The predicted molar refractivity (Wildman–Crippen MR) is 81.6 cm³/mol. The molecule has 106 valence electrons. The molecule has 0 aliphatic rings. The van der Waals surface area contributed by atoms with Gasteiger partial charge in [-0.05, 0) is 40.9 Å². The first kappa shape index (κ1) is 14.5. The number of rotatable bonds is 3. The highest BCUT2D eigenvalue weighted by Gasteiger charge is 2.19. The number of hydrogen-bond acceptors (Lipinski definition) is 4. The molecular formula is C13H16BrN5O. The first-order chi connectivity index (χ1) is 9.43. The lowest BCUT2D eigenvalue weighted by atomic mass is 10.2. The zero-order valence-electron chi connectivity index (χ0n) is 11.6. The molecule has 0 spiro atoms. The quantitative estimate of drug-likeness (QED) is 0.841. The van der Waals surface area contributed by atoms with Crippen LogP contribution in [0.5, 0.6) is 0 Å². The maximum atomic E-state index is 12.3. The highest BCUT2D eigenvalue weighted by molar-refractivity contribution is 9.10. The van der Waals surface area contributed by atoms with E-state index in [-0.39, 0.29) is 5.91 Å². The van der Waals surface area contributed by atoms with Gasteiger partial charge in [-0.2, -0.15) is 5.10 Å². The number of aromatic nitrogens is 3. The maximum absolute atomic E-state index is 12.3. The SMILES string of the molecule is CCc1nn(C)c(C(=O)Nc2cnc(Br)c(C)c2)c1N. The van der Waals surface area contributed by atoms with Crippen molar-refractivity contribution in [3.8, 4) is 0 Å². The zero-order chi connectivity index (χ0) is 14.9. The Morgan fingerprint density at radius 2 is 2.25 bits per heavy atom. The highest BCUT2D eigenvalue weighted by atomic mass is 79.9. The predicted octanol–water partition coefficient (Wildman–Crippen LogP) is 2.28. The molecular weight excluding hydrogens is 322 g/mol. The van der Waals surface area contributed by atoms with Crippen LogP contribution in [0.4, 0.5) is 11.4 Å². The summed E-state index contributed by atoms with van der Waals surface area (Å²) in [5, 5.41) is 7.01. The molecule has 0 aliphatic carbocycles. The first-order valence-electron chi connectivity index (χ1n) is 6.18. The summed E-state index contributed by atoms with van der Waals surface area (Å²) in [5.41, 5.74) is 9.03. The second-order valence-corrected chi connectivity index (χ2v) is 5.22. The van der Waals surface area contributed by atoms with Gasteiger partial charge >= 0.3 is 0 Å². The van der Waals surface area contributed by atoms with Crippen LogP contribution in [0, 0.1) is 6.92 Å². The number of nitrogen functional groups attached to an aromatic ring is 1. The van der Waals surface area contributed by atoms with E-state index in [4.69, 9.17) is 5.73 Å². The van der Waals surface area contributed by atoms with Crippen molar-refractivity contribution < 1.29 is 4.79 Å². The highest BCUT2D eigenvalue weighted by Crippen LogP contribution is 2.20. The van der Waals surface area contributed by atoms with Crippen LogP contribution in [0.25, 0.3) is 0 Å². The van der Waals surface area contributed by atoms with E-state index in [2.05, 4.69) is 31.3 Å². The topological polar surface area (TPSA) is 85.8 Å². The molecule has 0 saturated carbocycles. The molecule has 20 heavy (non-hydrogen) atoms. The molecule has 0 radical (unpaired) electrons. The fourth-order valence-corrected chi connectivity index (χ4v) is 2.16. The number of nitrogens with zero attached hydrogens (tertiary/aromatic N) is 3. The van der Waals surface area contributed by atoms with Crippen LogP contribution >= 0.6 is 15.9 Å². The number of carbonyl (C=O) groups excluding carboxylic acids is 1. The lowest BCUT2D eigenvalue weighted by Crippen LogP contribution is -2.17. The number of pyridine rings is 1. The average Bonchev–Trinajstić information content (AvgIpc) is 2.68. The molecule has 0 atom stereocenters. The van der Waals surface area contributed by atoms with Gasteiger partial charge in [-0.15, -0.1) is 0 Å². The van der Waals surface area contributed by atoms with E-state index in [1.54, 1.807) is 13.2 Å². The van der Waals surface area contributed by atoms with Crippen LogP contribution in [0.15, 0.2) is 16.9 Å². The molecule has 1 amide bonds. The molecule has 0 saturated heterocycles. The number of nitrogens with two attached hydrogens (primary N) is 1. The summed E-state index contributed by atoms with van der Waals surface area (Å²) in [4.78, 5) is 16.4. The molecule has 2 aromatic rings. The Hall–Kier alpha value is -1.89. The number of halogens is 1. The summed E-state index contributed by atoms with van der Waals surface area (Å²) in [7, 11) is 1.70. The van der Waals surface area contributed by atoms with Crippen LogP contribution in [-0.2, 0) is 13.5 Å². The Labute approximate surface area is 125 Å². The summed E-state index contributed by atoms with van der Waals surface area (Å²) in [6.07, 6.45) is 2.27. The van der Waals surface area contributed by atoms with Gasteiger partial charge in [-0.25, -0.2) is 4.98 Å². The molecule has 2 aromatic heterocycles. The largest absolute Gasteiger partial charge is 0.395 e. The van der Waals surface area contributed by atoms with E-state index in [0.717, 1.165) is 15.9 Å². The van der Waals surface area contributed by atoms with Gasteiger partial charge in [0.2, 0.25) is 0 Å². The second-order valence-electron chi connectivity index (χ2n) is 4.47. The molecule has 0 aromatic carbocycles. The molecule has 3 N–H and O–H groups in total. The third kappa shape index (κ3) is 2.67. The Morgan fingerprint density at radius 1 is 1.55 bits per heavy atom. The number of amides is 1. The maximum Gasteiger partial charge on any atom is 0.276 e. The van der Waals surface area contributed by atoms with Crippen molar-refractivity contribution in [2.75, 3.05) is 11.1 Å². The van der Waals surface area contributed by atoms with Crippen LogP contribution in [0.2, 0.25) is 0 Å². The molecule has 0 fully saturated rings. The van der Waals surface area contributed by atoms with Gasteiger partial charge in [0, 0.05) is 7.05 Å². The van der Waals surface area contributed by atoms with Gasteiger partial charge in [0.1, 0.15) is 10.3 Å². The van der Waals surface area contributed by atoms with Gasteiger partial charge in [0.15, 0.2) is 0 Å². The summed E-state index contributed by atoms with van der Waals surface area (Å²) in [6.45, 7) is 3.85. The molecule has 0 bridgehead atoms. The standard InChI is InChI=1S/C13H16BrN5O/c1-4-9-10(15)11(19(3)18-9)13(20)17-8-5-7(2)12(14)16-6-8/h5-6H,4,15H2,1-3H3,(H,17,20). The van der Waals surface area contributed by atoms with Crippen molar-refractivity contribution in [3.63, 3.8) is 0 Å². The lowest BCUT2D eigenvalue weighted by Gasteiger charge is -2.07. The summed E-state index contributed by atoms with van der Waals surface area (Å²) >= 11 is 3.32. The zero-order valence-corrected chi connectivity index (χ0v) is 13.2. The van der Waals surface area contributed by atoms with Crippen LogP contribution in [0.1, 0.15) is 28.7 Å². The van der Waals surface area contributed by atoms with Gasteiger partial charge < -0.3 is 11.1 Å². The normalized spacial score (nSPS) is 10.6. The fourth-order valence-electron chi connectivity index (χ4n) is 1.94. The number of aryl methyl sites for hydroxylation is 3. The average molecular weight is 338 g/mol. The van der Waals surface area contributed by atoms with E-state index < -0.39 is 0 Å². The summed E-state index contributed by atoms with van der Waals surface area (Å²) < 4.78 is 2.26. The van der Waals surface area contributed by atoms with Gasteiger partial charge in [-0.1, -0.05) is 6.92 Å². The Balaban J connectivity index is 2.28. The molecule has 0 aliphatic heterocycles. The lowest BCUT2D eigenvalue weighted by molar-refractivity contribution is 0.101. The van der Waals surface area contributed by atoms with E-state index in [9.17, 15) is 4.79 Å². The third-order valence-electron chi connectivity index (χ3n) is 2.98. The molecule has 2 rings (SSSR count). The van der Waals surface area contributed by atoms with Crippen molar-refractivity contribution in [1.82, 2.24) is 14.8 Å². The minimum Gasteiger partial charge on any atom is -0.395 e. The third-order valence-corrected chi connectivity index (χ3v) is 3.81. The molecule has 7 heteroatoms. The first-order valence-corrected chi connectivity index (χ1v) is 6.98. The van der Waals surface area contributed by atoms with Gasteiger partial charge in [0.25, 0.3) is 5.91 Å². The van der Waals surface area contributed by atoms with Crippen molar-refractivity contribution in [2.45, 2.75) is 20.3 Å². The Kier molecular flexibility index (Phi) is 4.08. The van der Waals surface area contributed by atoms with Gasteiger partial charge in [-0.3, -0.25) is 9.48 Å².